The lowest BCUT2D eigenvalue weighted by atomic mass is 9.71. The standard InChI is InChI=1S/C19H19N3S/c1-2-6-16(7-3-1)19(8-11-20-12-9-19)17-14-23-18(22-17)15-5-4-10-21-13-15/h1-7,10,13-14,20H,8-9,11-12H2. The Bertz CT molecular complexity index is 762. The van der Waals surface area contributed by atoms with Crippen molar-refractivity contribution in [3.05, 3.63) is 71.5 Å². The zero-order valence-corrected chi connectivity index (χ0v) is 13.7. The van der Waals surface area contributed by atoms with Crippen LogP contribution in [0.3, 0.4) is 0 Å². The number of benzene rings is 1. The first-order valence-corrected chi connectivity index (χ1v) is 8.89. The van der Waals surface area contributed by atoms with E-state index in [4.69, 9.17) is 4.98 Å². The highest BCUT2D eigenvalue weighted by Crippen LogP contribution is 2.41. The number of thiazole rings is 1. The molecule has 0 bridgehead atoms. The fraction of sp³-hybridized carbons (Fsp3) is 0.263. The van der Waals surface area contributed by atoms with E-state index in [0.717, 1.165) is 36.5 Å². The van der Waals surface area contributed by atoms with Crippen LogP contribution in [0.5, 0.6) is 0 Å². The summed E-state index contributed by atoms with van der Waals surface area (Å²) < 4.78 is 0. The molecule has 1 aliphatic heterocycles. The molecule has 1 aromatic carbocycles. The van der Waals surface area contributed by atoms with E-state index in [-0.39, 0.29) is 5.41 Å². The van der Waals surface area contributed by atoms with Gasteiger partial charge in [-0.1, -0.05) is 30.3 Å². The van der Waals surface area contributed by atoms with E-state index in [0.29, 0.717) is 0 Å². The lowest BCUT2D eigenvalue weighted by Crippen LogP contribution is -2.41. The predicted molar refractivity (Wildman–Crippen MR) is 94.7 cm³/mol. The molecule has 116 valence electrons. The molecule has 0 aliphatic carbocycles. The van der Waals surface area contributed by atoms with Crippen molar-refractivity contribution < 1.29 is 0 Å². The van der Waals surface area contributed by atoms with Crippen LogP contribution in [0.1, 0.15) is 24.1 Å². The van der Waals surface area contributed by atoms with Gasteiger partial charge >= 0.3 is 0 Å². The van der Waals surface area contributed by atoms with Gasteiger partial charge in [-0.25, -0.2) is 4.98 Å². The number of piperidine rings is 1. The van der Waals surface area contributed by atoms with Crippen molar-refractivity contribution in [3.8, 4) is 10.6 Å². The quantitative estimate of drug-likeness (QED) is 0.795. The molecule has 2 aromatic heterocycles. The summed E-state index contributed by atoms with van der Waals surface area (Å²) in [6.45, 7) is 2.07. The van der Waals surface area contributed by atoms with E-state index in [1.165, 1.54) is 11.3 Å². The van der Waals surface area contributed by atoms with Gasteiger partial charge in [0, 0.05) is 28.8 Å². The first kappa shape index (κ1) is 14.5. The number of aromatic nitrogens is 2. The predicted octanol–water partition coefficient (Wildman–Crippen LogP) is 3.87. The van der Waals surface area contributed by atoms with Crippen molar-refractivity contribution in [2.75, 3.05) is 13.1 Å². The maximum absolute atomic E-state index is 5.00. The number of nitrogens with zero attached hydrogens (tertiary/aromatic N) is 2. The molecule has 0 unspecified atom stereocenters. The zero-order chi connectivity index (χ0) is 15.5. The maximum Gasteiger partial charge on any atom is 0.125 e. The molecule has 1 N–H and O–H groups in total. The van der Waals surface area contributed by atoms with Crippen LogP contribution in [0.4, 0.5) is 0 Å². The van der Waals surface area contributed by atoms with Gasteiger partial charge in [-0.2, -0.15) is 0 Å². The Morgan fingerprint density at radius 2 is 1.83 bits per heavy atom. The molecule has 0 amide bonds. The molecule has 1 saturated heterocycles. The summed E-state index contributed by atoms with van der Waals surface area (Å²) >= 11 is 1.72. The molecule has 1 fully saturated rings. The minimum Gasteiger partial charge on any atom is -0.317 e. The molecular formula is C19H19N3S. The van der Waals surface area contributed by atoms with Crippen LogP contribution < -0.4 is 5.32 Å². The summed E-state index contributed by atoms with van der Waals surface area (Å²) in [5, 5.41) is 6.78. The highest BCUT2D eigenvalue weighted by molar-refractivity contribution is 7.13. The Morgan fingerprint density at radius 1 is 1.00 bits per heavy atom. The van der Waals surface area contributed by atoms with Crippen LogP contribution >= 0.6 is 11.3 Å². The molecule has 3 heterocycles. The minimum atomic E-state index is 0.0312. The Morgan fingerprint density at radius 3 is 2.57 bits per heavy atom. The van der Waals surface area contributed by atoms with Gasteiger partial charge in [-0.3, -0.25) is 4.98 Å². The Balaban J connectivity index is 1.78. The van der Waals surface area contributed by atoms with Crippen molar-refractivity contribution in [1.29, 1.82) is 0 Å². The van der Waals surface area contributed by atoms with Gasteiger partial charge in [0.25, 0.3) is 0 Å². The largest absolute Gasteiger partial charge is 0.317 e. The molecule has 1 aliphatic rings. The van der Waals surface area contributed by atoms with Crippen LogP contribution in [0.25, 0.3) is 10.6 Å². The third-order valence-electron chi connectivity index (χ3n) is 4.69. The van der Waals surface area contributed by atoms with Crippen LogP contribution in [0, 0.1) is 0 Å². The van der Waals surface area contributed by atoms with Gasteiger partial charge < -0.3 is 5.32 Å². The lowest BCUT2D eigenvalue weighted by molar-refractivity contribution is 0.356. The zero-order valence-electron chi connectivity index (χ0n) is 12.9. The number of pyridine rings is 1. The molecule has 3 nitrogen and oxygen atoms in total. The van der Waals surface area contributed by atoms with E-state index < -0.39 is 0 Å². The monoisotopic (exact) mass is 321 g/mol. The molecule has 3 aromatic rings. The Labute approximate surface area is 140 Å². The molecular weight excluding hydrogens is 302 g/mol. The van der Waals surface area contributed by atoms with Crippen LogP contribution in [0.15, 0.2) is 60.2 Å². The molecule has 23 heavy (non-hydrogen) atoms. The molecule has 0 atom stereocenters. The van der Waals surface area contributed by atoms with Gasteiger partial charge in [0.1, 0.15) is 5.01 Å². The summed E-state index contributed by atoms with van der Waals surface area (Å²) in [4.78, 5) is 9.22. The smallest absolute Gasteiger partial charge is 0.125 e. The first-order valence-electron chi connectivity index (χ1n) is 8.01. The van der Waals surface area contributed by atoms with Gasteiger partial charge in [-0.05, 0) is 43.6 Å². The second kappa shape index (κ2) is 6.22. The van der Waals surface area contributed by atoms with Crippen LogP contribution in [0.2, 0.25) is 0 Å². The van der Waals surface area contributed by atoms with Crippen LogP contribution in [-0.2, 0) is 5.41 Å². The maximum atomic E-state index is 5.00. The third-order valence-corrected chi connectivity index (χ3v) is 5.58. The second-order valence-electron chi connectivity index (χ2n) is 5.98. The summed E-state index contributed by atoms with van der Waals surface area (Å²) in [5.41, 5.74) is 3.71. The van der Waals surface area contributed by atoms with Crippen molar-refractivity contribution in [1.82, 2.24) is 15.3 Å². The highest BCUT2D eigenvalue weighted by Gasteiger charge is 2.37. The fourth-order valence-electron chi connectivity index (χ4n) is 3.42. The summed E-state index contributed by atoms with van der Waals surface area (Å²) in [5.74, 6) is 0. The van der Waals surface area contributed by atoms with E-state index in [9.17, 15) is 0 Å². The van der Waals surface area contributed by atoms with Gasteiger partial charge in [0.05, 0.1) is 5.69 Å². The average molecular weight is 321 g/mol. The van der Waals surface area contributed by atoms with Crippen molar-refractivity contribution in [2.24, 2.45) is 0 Å². The molecule has 4 heteroatoms. The van der Waals surface area contributed by atoms with E-state index >= 15 is 0 Å². The van der Waals surface area contributed by atoms with E-state index in [1.807, 2.05) is 12.3 Å². The van der Waals surface area contributed by atoms with Gasteiger partial charge in [0.15, 0.2) is 0 Å². The molecule has 4 rings (SSSR count). The molecule has 0 saturated carbocycles. The Hall–Kier alpha value is -2.04. The topological polar surface area (TPSA) is 37.8 Å². The van der Waals surface area contributed by atoms with Crippen LogP contribution in [-0.4, -0.2) is 23.1 Å². The lowest BCUT2D eigenvalue weighted by Gasteiger charge is -2.37. The first-order chi connectivity index (χ1) is 11.4. The normalized spacial score (nSPS) is 17.0. The van der Waals surface area contributed by atoms with Crippen molar-refractivity contribution in [3.63, 3.8) is 0 Å². The van der Waals surface area contributed by atoms with E-state index in [1.54, 1.807) is 17.5 Å². The summed E-state index contributed by atoms with van der Waals surface area (Å²) in [6.07, 6.45) is 5.87. The average Bonchev–Trinajstić information content (AvgIpc) is 3.14. The van der Waals surface area contributed by atoms with Crippen molar-refractivity contribution in [2.45, 2.75) is 18.3 Å². The number of hydrogen-bond donors (Lipinski definition) is 1. The SMILES string of the molecule is c1ccc(C2(c3csc(-c4cccnc4)n3)CCNCC2)cc1. The summed E-state index contributed by atoms with van der Waals surface area (Å²) in [7, 11) is 0. The Kier molecular flexibility index (Phi) is 3.93. The van der Waals surface area contributed by atoms with Gasteiger partial charge in [0.2, 0.25) is 0 Å². The van der Waals surface area contributed by atoms with E-state index in [2.05, 4.69) is 52.1 Å². The third kappa shape index (κ3) is 2.69. The number of rotatable bonds is 3. The fourth-order valence-corrected chi connectivity index (χ4v) is 4.33. The second-order valence-corrected chi connectivity index (χ2v) is 6.84. The number of hydrogen-bond acceptors (Lipinski definition) is 4. The minimum absolute atomic E-state index is 0.0312. The highest BCUT2D eigenvalue weighted by atomic mass is 32.1. The molecule has 0 radical (unpaired) electrons. The summed E-state index contributed by atoms with van der Waals surface area (Å²) in [6, 6.07) is 14.9. The van der Waals surface area contributed by atoms with Crippen molar-refractivity contribution >= 4 is 11.3 Å². The van der Waals surface area contributed by atoms with Gasteiger partial charge in [-0.15, -0.1) is 11.3 Å². The number of nitrogens with one attached hydrogen (secondary N) is 1. The molecule has 0 spiro atoms.